The quantitative estimate of drug-likeness (QED) is 0.292. The molecule has 3 aromatic rings. The Kier molecular flexibility index (Phi) is 10.6. The number of hydrogen-bond acceptors (Lipinski definition) is 6. The highest BCUT2D eigenvalue weighted by Crippen LogP contribution is 2.42. The van der Waals surface area contributed by atoms with Crippen LogP contribution in [0.15, 0.2) is 36.4 Å². The molecule has 7 nitrogen and oxygen atoms in total. The van der Waals surface area contributed by atoms with Crippen molar-refractivity contribution in [1.29, 1.82) is 0 Å². The first-order chi connectivity index (χ1) is 21.0. The third-order valence-corrected chi connectivity index (χ3v) is 8.63. The lowest BCUT2D eigenvalue weighted by molar-refractivity contribution is -0.136. The number of aryl methyl sites for hydroxylation is 2. The highest BCUT2D eigenvalue weighted by molar-refractivity contribution is 5.86. The van der Waals surface area contributed by atoms with Gasteiger partial charge in [0.1, 0.15) is 0 Å². The van der Waals surface area contributed by atoms with E-state index in [0.717, 1.165) is 91.3 Å². The number of carboxylic acid groups (broad SMARTS) is 1. The van der Waals surface area contributed by atoms with Crippen LogP contribution in [0.25, 0.3) is 11.1 Å². The summed E-state index contributed by atoms with van der Waals surface area (Å²) in [5, 5.41) is 18.3. The van der Waals surface area contributed by atoms with Crippen molar-refractivity contribution >= 4 is 11.7 Å². The van der Waals surface area contributed by atoms with Crippen LogP contribution in [0.2, 0.25) is 0 Å². The van der Waals surface area contributed by atoms with Gasteiger partial charge in [0.2, 0.25) is 0 Å². The Hall–Kier alpha value is -3.49. The number of pyridine rings is 1. The number of ether oxygens (including phenoxy) is 1. The number of benzene rings is 2. The second-order valence-corrected chi connectivity index (χ2v) is 14.3. The lowest BCUT2D eigenvalue weighted by Crippen LogP contribution is -2.38. The summed E-state index contributed by atoms with van der Waals surface area (Å²) in [6, 6.07) is 11.7. The van der Waals surface area contributed by atoms with Gasteiger partial charge in [-0.05, 0) is 93.7 Å². The number of fused-ring (bicyclic) bond motifs is 1. The van der Waals surface area contributed by atoms with Gasteiger partial charge in [0.25, 0.3) is 0 Å². The van der Waals surface area contributed by atoms with Crippen LogP contribution < -0.4 is 9.64 Å². The number of carboxylic acids is 1. The third-order valence-electron chi connectivity index (χ3n) is 8.63. The van der Waals surface area contributed by atoms with Gasteiger partial charge in [0.05, 0.1) is 24.8 Å². The van der Waals surface area contributed by atoms with Crippen molar-refractivity contribution in [2.45, 2.75) is 92.8 Å². The number of halogens is 1. The van der Waals surface area contributed by atoms with Crippen molar-refractivity contribution in [2.75, 3.05) is 31.6 Å². The maximum absolute atomic E-state index is 13.9. The number of methoxy groups -OCH3 is 1. The zero-order valence-electron chi connectivity index (χ0n) is 28.3. The van der Waals surface area contributed by atoms with E-state index in [-0.39, 0.29) is 23.4 Å². The molecule has 8 heteroatoms. The molecule has 0 aliphatic carbocycles. The Morgan fingerprint density at radius 3 is 2.31 bits per heavy atom. The number of aromatic nitrogens is 1. The smallest absolute Gasteiger partial charge is 0.307 e. The van der Waals surface area contributed by atoms with Crippen LogP contribution in [-0.2, 0) is 30.7 Å². The molecule has 0 spiro atoms. The van der Waals surface area contributed by atoms with Gasteiger partial charge in [-0.1, -0.05) is 38.1 Å². The van der Waals surface area contributed by atoms with Crippen LogP contribution in [0.3, 0.4) is 0 Å². The van der Waals surface area contributed by atoms with Crippen molar-refractivity contribution in [3.63, 3.8) is 0 Å². The van der Waals surface area contributed by atoms with E-state index in [9.17, 15) is 14.3 Å². The molecule has 0 bridgehead atoms. The van der Waals surface area contributed by atoms with E-state index in [1.165, 1.54) is 24.3 Å². The minimum Gasteiger partial charge on any atom is -0.494 e. The topological polar surface area (TPSA) is 86.1 Å². The van der Waals surface area contributed by atoms with Gasteiger partial charge in [-0.25, -0.2) is 4.39 Å². The molecule has 2 aromatic carbocycles. The Labute approximate surface area is 268 Å². The molecule has 2 N–H and O–H groups in total. The first-order valence-corrected chi connectivity index (χ1v) is 15.9. The number of nitrogens with zero attached hydrogens (tertiary/aromatic N) is 3. The average Bonchev–Trinajstić information content (AvgIpc) is 2.94. The number of aliphatic carboxylic acids is 1. The van der Waals surface area contributed by atoms with E-state index in [1.54, 1.807) is 26.8 Å². The molecular weight excluding hydrogens is 569 g/mol. The molecule has 45 heavy (non-hydrogen) atoms. The second-order valence-electron chi connectivity index (χ2n) is 14.3. The van der Waals surface area contributed by atoms with Crippen molar-refractivity contribution in [3.8, 4) is 16.9 Å². The minimum absolute atomic E-state index is 0.0323. The van der Waals surface area contributed by atoms with Crippen molar-refractivity contribution in [1.82, 2.24) is 9.88 Å². The summed E-state index contributed by atoms with van der Waals surface area (Å²) in [6.07, 6.45) is 3.02. The van der Waals surface area contributed by atoms with Gasteiger partial charge in [-0.2, -0.15) is 0 Å². The number of aliphatic hydroxyl groups is 1. The fourth-order valence-corrected chi connectivity index (χ4v) is 6.22. The Balaban J connectivity index is 0.000000854. The number of carbonyl (C=O) groups is 1. The van der Waals surface area contributed by atoms with Crippen molar-refractivity contribution in [2.24, 2.45) is 5.41 Å². The fraction of sp³-hybridized carbons (Fsp3) is 0.514. The van der Waals surface area contributed by atoms with E-state index in [4.69, 9.17) is 14.8 Å². The number of anilines is 1. The molecule has 0 unspecified atom stereocenters. The minimum atomic E-state index is -0.831. The monoisotopic (exact) mass is 619 g/mol. The van der Waals surface area contributed by atoms with Crippen molar-refractivity contribution < 1.29 is 24.1 Å². The normalized spacial score (nSPS) is 16.4. The van der Waals surface area contributed by atoms with Crippen LogP contribution in [-0.4, -0.2) is 58.4 Å². The molecule has 1 saturated heterocycles. The standard InChI is InChI=1S/C33H40FN3O3.C4H10O/c1-21-27(18-30(38)39)32(37-14-11-33(3,4)12-15-37)31(22(2)35-21)25-7-8-26-20-36(13-10-24(26)17-25)19-23-6-9-28(34)29(16-23)40-5;1-4(2,3)5/h6-9,16-17H,10-15,18-20H2,1-5H3,(H,38,39);5H,1-3H3. The number of rotatable bonds is 7. The summed E-state index contributed by atoms with van der Waals surface area (Å²) in [5.74, 6) is -0.901. The van der Waals surface area contributed by atoms with Gasteiger partial charge < -0.3 is 19.8 Å². The van der Waals surface area contributed by atoms with Crippen LogP contribution in [0.5, 0.6) is 5.75 Å². The Bertz CT molecular complexity index is 1510. The molecule has 1 aromatic heterocycles. The maximum Gasteiger partial charge on any atom is 0.307 e. The van der Waals surface area contributed by atoms with Gasteiger partial charge in [-0.15, -0.1) is 0 Å². The van der Waals surface area contributed by atoms with E-state index >= 15 is 0 Å². The highest BCUT2D eigenvalue weighted by Gasteiger charge is 2.30. The maximum atomic E-state index is 13.9. The van der Waals surface area contributed by atoms with Gasteiger partial charge in [0.15, 0.2) is 11.6 Å². The lowest BCUT2D eigenvalue weighted by Gasteiger charge is -2.40. The molecule has 244 valence electrons. The molecule has 0 atom stereocenters. The molecular formula is C37H50FN3O4. The van der Waals surface area contributed by atoms with E-state index in [1.807, 2.05) is 19.9 Å². The van der Waals surface area contributed by atoms with E-state index in [0.29, 0.717) is 0 Å². The highest BCUT2D eigenvalue weighted by atomic mass is 19.1. The van der Waals surface area contributed by atoms with Gasteiger partial charge in [0, 0.05) is 55.2 Å². The third kappa shape index (κ3) is 9.04. The first-order valence-electron chi connectivity index (χ1n) is 15.9. The fourth-order valence-electron chi connectivity index (χ4n) is 6.22. The Morgan fingerprint density at radius 2 is 1.69 bits per heavy atom. The zero-order chi connectivity index (χ0) is 33.1. The molecule has 2 aliphatic heterocycles. The summed E-state index contributed by atoms with van der Waals surface area (Å²) >= 11 is 0. The van der Waals surface area contributed by atoms with Crippen LogP contribution in [0.1, 0.15) is 81.1 Å². The lowest BCUT2D eigenvalue weighted by atomic mass is 9.82. The van der Waals surface area contributed by atoms with Crippen LogP contribution >= 0.6 is 0 Å². The predicted octanol–water partition coefficient (Wildman–Crippen LogP) is 7.10. The summed E-state index contributed by atoms with van der Waals surface area (Å²) in [6.45, 7) is 18.1. The molecule has 0 amide bonds. The van der Waals surface area contributed by atoms with E-state index in [2.05, 4.69) is 41.8 Å². The average molecular weight is 620 g/mol. The SMILES string of the molecule is CC(C)(C)O.COc1cc(CN2CCc3cc(-c4c(C)nc(C)c(CC(=O)O)c4N4CCC(C)(C)CC4)ccc3C2)ccc1F. The summed E-state index contributed by atoms with van der Waals surface area (Å²) in [5.41, 5.74) is 9.19. The summed E-state index contributed by atoms with van der Waals surface area (Å²) in [7, 11) is 1.49. The molecule has 3 heterocycles. The molecule has 0 saturated carbocycles. The van der Waals surface area contributed by atoms with Gasteiger partial charge >= 0.3 is 5.97 Å². The van der Waals surface area contributed by atoms with Crippen molar-refractivity contribution in [3.05, 3.63) is 75.9 Å². The van der Waals surface area contributed by atoms with E-state index < -0.39 is 11.6 Å². The first kappa shape index (κ1) is 34.4. The second kappa shape index (κ2) is 13.9. The summed E-state index contributed by atoms with van der Waals surface area (Å²) in [4.78, 5) is 21.5. The van der Waals surface area contributed by atoms with Crippen LogP contribution in [0.4, 0.5) is 10.1 Å². The molecule has 0 radical (unpaired) electrons. The number of piperidine rings is 1. The predicted molar refractivity (Wildman–Crippen MR) is 178 cm³/mol. The molecule has 1 fully saturated rings. The summed E-state index contributed by atoms with van der Waals surface area (Å²) < 4.78 is 19.0. The van der Waals surface area contributed by atoms with Crippen LogP contribution in [0, 0.1) is 25.1 Å². The largest absolute Gasteiger partial charge is 0.494 e. The number of hydrogen-bond donors (Lipinski definition) is 2. The molecule has 2 aliphatic rings. The zero-order valence-corrected chi connectivity index (χ0v) is 28.3. The molecule has 5 rings (SSSR count). The van der Waals surface area contributed by atoms with Gasteiger partial charge in [-0.3, -0.25) is 14.7 Å². The Morgan fingerprint density at radius 1 is 1.02 bits per heavy atom.